The van der Waals surface area contributed by atoms with Crippen LogP contribution in [0.4, 0.5) is 0 Å². The molecule has 18 rings (SSSR count). The van der Waals surface area contributed by atoms with Gasteiger partial charge in [-0.25, -0.2) is 9.59 Å². The number of unbranched alkanes of at least 4 members (excludes halogenated alkanes) is 1. The van der Waals surface area contributed by atoms with Crippen molar-refractivity contribution >= 4 is 201 Å². The summed E-state index contributed by atoms with van der Waals surface area (Å²) in [5.41, 5.74) is 1.49. The van der Waals surface area contributed by atoms with E-state index in [1.165, 1.54) is 17.4 Å². The molecule has 0 aliphatic heterocycles. The molecule has 0 saturated heterocycles. The highest BCUT2D eigenvalue weighted by Gasteiger charge is 2.19. The van der Waals surface area contributed by atoms with Crippen molar-refractivity contribution in [2.45, 2.75) is 33.6 Å². The molecule has 0 saturated carbocycles. The first kappa shape index (κ1) is 103. The second-order valence-corrected chi connectivity index (χ2v) is 37.4. The van der Waals surface area contributed by atoms with E-state index < -0.39 is 11.9 Å². The van der Waals surface area contributed by atoms with Crippen LogP contribution in [-0.2, 0) is 42.7 Å². The number of carbonyl (C=O) groups excluding carboxylic acids is 2. The van der Waals surface area contributed by atoms with Gasteiger partial charge in [0.2, 0.25) is 0 Å². The zero-order valence-electron chi connectivity index (χ0n) is 77.7. The van der Waals surface area contributed by atoms with Crippen LogP contribution >= 0.6 is 68.0 Å². The van der Waals surface area contributed by atoms with Crippen LogP contribution in [0.3, 0.4) is 0 Å². The second-order valence-electron chi connectivity index (χ2n) is 30.9. The lowest BCUT2D eigenvalue weighted by Crippen LogP contribution is -2.12. The van der Waals surface area contributed by atoms with Gasteiger partial charge in [-0.15, -0.1) is 68.0 Å². The Hall–Kier alpha value is -13.6. The van der Waals surface area contributed by atoms with Gasteiger partial charge in [-0.05, 0) is 184 Å². The van der Waals surface area contributed by atoms with E-state index in [2.05, 4.69) is 20.1 Å². The number of hydrogen-bond acceptors (Lipinski definition) is 30. The summed E-state index contributed by atoms with van der Waals surface area (Å²) in [5.74, 6) is 4.33. The van der Waals surface area contributed by atoms with Crippen LogP contribution in [0.15, 0.2) is 284 Å². The first-order valence-corrected chi connectivity index (χ1v) is 49.2. The summed E-state index contributed by atoms with van der Waals surface area (Å²) in [5, 5.41) is 18.2. The highest BCUT2D eigenvalue weighted by atomic mass is 32.1. The van der Waals surface area contributed by atoms with Crippen LogP contribution in [0.5, 0.6) is 51.7 Å². The summed E-state index contributed by atoms with van der Waals surface area (Å²) in [6.45, 7) is 18.7. The van der Waals surface area contributed by atoms with Crippen molar-refractivity contribution in [3.63, 3.8) is 0 Å². The number of aromatic hydroxyl groups is 1. The minimum atomic E-state index is -0.475. The maximum atomic E-state index is 12.9. The monoisotopic (exact) mass is 1990 g/mol. The molecule has 30 heteroatoms. The molecular formula is C109H102O24S6. The summed E-state index contributed by atoms with van der Waals surface area (Å²) in [6, 6.07) is 70.6. The van der Waals surface area contributed by atoms with Gasteiger partial charge in [0.25, 0.3) is 0 Å². The van der Waals surface area contributed by atoms with Gasteiger partial charge in [-0.3, -0.25) is 28.8 Å². The predicted octanol–water partition coefficient (Wildman–Crippen LogP) is 22.4. The number of phenolic OH excluding ortho intramolecular Hbond substituents is 1. The molecule has 0 amide bonds. The first-order valence-electron chi connectivity index (χ1n) is 44.3. The number of esters is 2. The average Bonchev–Trinajstić information content (AvgIpc) is 0.778. The van der Waals surface area contributed by atoms with E-state index in [9.17, 15) is 43.5 Å². The van der Waals surface area contributed by atoms with Crippen LogP contribution in [0.25, 0.3) is 121 Å². The van der Waals surface area contributed by atoms with Gasteiger partial charge in [-0.2, -0.15) is 0 Å². The highest BCUT2D eigenvalue weighted by molar-refractivity contribution is 7.26. The number of benzene rings is 12. The first-order chi connectivity index (χ1) is 67.6. The Morgan fingerprint density at radius 3 is 0.978 bits per heavy atom. The number of methoxy groups -OCH3 is 5. The van der Waals surface area contributed by atoms with E-state index in [-0.39, 0.29) is 64.7 Å². The van der Waals surface area contributed by atoms with E-state index in [1.54, 1.807) is 142 Å². The Kier molecular flexibility index (Phi) is 37.8. The molecule has 1 N–H and O–H groups in total. The molecule has 0 bridgehead atoms. The third kappa shape index (κ3) is 27.1. The van der Waals surface area contributed by atoms with Crippen molar-refractivity contribution in [3.8, 4) is 51.7 Å². The van der Waals surface area contributed by atoms with Crippen LogP contribution in [0.2, 0.25) is 0 Å². The second kappa shape index (κ2) is 51.2. The fraction of sp³-hybridized carbons (Fsp3) is 0.229. The maximum absolute atomic E-state index is 12.9. The van der Waals surface area contributed by atoms with Crippen molar-refractivity contribution < 1.29 is 85.7 Å². The molecule has 12 aromatic carbocycles. The van der Waals surface area contributed by atoms with Crippen LogP contribution in [0, 0.1) is 6.92 Å². The molecule has 0 aliphatic rings. The summed E-state index contributed by atoms with van der Waals surface area (Å²) >= 11 is 9.31. The molecule has 139 heavy (non-hydrogen) atoms. The highest BCUT2D eigenvalue weighted by Crippen LogP contribution is 2.39. The molecule has 0 aliphatic carbocycles. The third-order valence-corrected chi connectivity index (χ3v) is 27.7. The lowest BCUT2D eigenvalue weighted by atomic mass is 10.1. The summed E-state index contributed by atoms with van der Waals surface area (Å²) in [7, 11) is 8.10. The van der Waals surface area contributed by atoms with Crippen molar-refractivity contribution in [1.29, 1.82) is 0 Å². The zero-order valence-corrected chi connectivity index (χ0v) is 82.6. The number of carbonyl (C=O) groups is 2. The zero-order chi connectivity index (χ0) is 98.3. The topological polar surface area (TPSA) is 295 Å². The van der Waals surface area contributed by atoms with Gasteiger partial charge in [0.05, 0.1) is 50.4 Å². The van der Waals surface area contributed by atoms with Gasteiger partial charge >= 0.3 is 11.9 Å². The van der Waals surface area contributed by atoms with E-state index in [0.29, 0.717) is 148 Å². The number of ether oxygens (including phenoxy) is 15. The number of fused-ring (bicyclic) bond motifs is 12. The molecule has 24 nitrogen and oxygen atoms in total. The van der Waals surface area contributed by atoms with Crippen LogP contribution in [-0.4, -0.2) is 152 Å². The molecule has 0 radical (unpaired) electrons. The van der Waals surface area contributed by atoms with E-state index in [4.69, 9.17) is 71.1 Å². The molecule has 0 atom stereocenters. The Bertz CT molecular complexity index is 7770. The minimum absolute atomic E-state index is 0.0237. The lowest BCUT2D eigenvalue weighted by Gasteiger charge is -2.12. The minimum Gasteiger partial charge on any atom is -0.507 e. The molecule has 0 fully saturated rings. The van der Waals surface area contributed by atoms with Crippen molar-refractivity contribution in [3.05, 3.63) is 322 Å². The van der Waals surface area contributed by atoms with E-state index >= 15 is 0 Å². The Morgan fingerprint density at radius 1 is 0.302 bits per heavy atom. The van der Waals surface area contributed by atoms with Gasteiger partial charge in [0.1, 0.15) is 111 Å². The Balaban J connectivity index is 0.000000141. The molecule has 0 unspecified atom stereocenters. The normalized spacial score (nSPS) is 11.0. The Labute approximate surface area is 823 Å². The summed E-state index contributed by atoms with van der Waals surface area (Å²) in [6.07, 6.45) is 3.27. The maximum Gasteiger partial charge on any atom is 0.333 e. The predicted molar refractivity (Wildman–Crippen MR) is 565 cm³/mol. The molecule has 6 aromatic heterocycles. The molecule has 18 aromatic rings. The van der Waals surface area contributed by atoms with Gasteiger partial charge in [0, 0.05) is 170 Å². The number of phenols is 1. The number of hydrogen-bond donors (Lipinski definition) is 1. The van der Waals surface area contributed by atoms with Gasteiger partial charge in [0.15, 0.2) is 32.6 Å². The summed E-state index contributed by atoms with van der Waals surface area (Å²) < 4.78 is 90.8. The average molecular weight is 1990 g/mol. The quantitative estimate of drug-likeness (QED) is 0.0170. The lowest BCUT2D eigenvalue weighted by molar-refractivity contribution is -0.140. The Morgan fingerprint density at radius 2 is 0.597 bits per heavy atom. The third-order valence-electron chi connectivity index (χ3n) is 21.0. The molecule has 718 valence electrons. The standard InChI is InChI=1S/2C19H20O5S.C19H16O4S.C18H14O4S.C18H18O2S.C16H14O4S/c1-21-7-9-23-13-3-5-15-17(11-13)25-18-12-14(24-10-8-22-2)4-6-16(18)19(15)20;1-21-7-9-23-13-11-15(24-10-8-22-2)18-17(12-13)25-16-6-4-3-5-14(16)19(18)20;1-12(2)19(21)23-10-9-22-13-7-8-15-17(11-13)24-16-6-4-3-5-14(16)18(15)20;1-2-17(19)22-10-9-21-12-7-8-14-16(11-12)23-15-6-4-3-5-13(15)18(14)20;1-3-4-9-20-13-6-7-14-17(11-13)21-16-8-5-12(2)10-15(16)18(14)19;1-19-6-7-20-10-8-12(17)15-14(9-10)21-13-5-3-2-4-11(13)16(15)18/h2*3-6,11-12H,7-10H2,1-2H3;3-8,11H,1,9-10H2,2H3;2-8,11H,1,9-10H2;5-8,10-11H,3-4,9H2,1-2H3;2-5,8-9,17H,6-7H2,1H3. The van der Waals surface area contributed by atoms with Crippen molar-refractivity contribution in [2.24, 2.45) is 0 Å². The fourth-order valence-corrected chi connectivity index (χ4v) is 20.8. The molecule has 0 spiro atoms. The van der Waals surface area contributed by atoms with Crippen LogP contribution in [0.1, 0.15) is 32.3 Å². The molecule has 6 heterocycles. The van der Waals surface area contributed by atoms with Gasteiger partial charge < -0.3 is 76.2 Å². The SMILES string of the molecule is C=C(C)C(=O)OCCOc1ccc2c(=O)c3ccccc3sc2c1.C=CC(=O)OCCOc1ccc2c(=O)c3ccccc3sc2c1.CCCCOc1ccc2c(=O)c3cc(C)ccc3sc2c1.COCCOc1cc(O)c2c(=O)c3ccccc3sc2c1.COCCOc1cc(OCCOC)c2c(=O)c3ccccc3sc2c1.COCCOc1ccc2c(=O)c3ccc(OCCOC)cc3sc2c1. The van der Waals surface area contributed by atoms with E-state index in [0.717, 1.165) is 122 Å². The fourth-order valence-electron chi connectivity index (χ4n) is 14.1. The summed E-state index contributed by atoms with van der Waals surface area (Å²) in [4.78, 5) is 97.9. The number of rotatable bonds is 34. The number of aryl methyl sites for hydroxylation is 1. The van der Waals surface area contributed by atoms with Crippen molar-refractivity contribution in [1.82, 2.24) is 0 Å². The van der Waals surface area contributed by atoms with Crippen LogP contribution < -0.4 is 70.5 Å². The molecular weight excluding hydrogens is 1890 g/mol. The van der Waals surface area contributed by atoms with Gasteiger partial charge in [-0.1, -0.05) is 86.7 Å². The van der Waals surface area contributed by atoms with Crippen molar-refractivity contribution in [2.75, 3.05) is 135 Å². The largest absolute Gasteiger partial charge is 0.507 e. The smallest absolute Gasteiger partial charge is 0.333 e. The van der Waals surface area contributed by atoms with E-state index in [1.807, 2.05) is 189 Å².